The van der Waals surface area contributed by atoms with Crippen LogP contribution in [0.4, 0.5) is 0 Å². The van der Waals surface area contributed by atoms with Gasteiger partial charge in [-0.15, -0.1) is 0 Å². The van der Waals surface area contributed by atoms with Gasteiger partial charge in [-0.25, -0.2) is 9.67 Å². The van der Waals surface area contributed by atoms with Crippen LogP contribution in [0.3, 0.4) is 0 Å². The first-order chi connectivity index (χ1) is 11.2. The van der Waals surface area contributed by atoms with E-state index in [1.165, 1.54) is 19.2 Å². The number of hydrogen-bond donors (Lipinski definition) is 1. The van der Waals surface area contributed by atoms with E-state index in [0.717, 1.165) is 36.3 Å². The molecule has 2 atom stereocenters. The number of fused-ring (bicyclic) bond motifs is 2. The summed E-state index contributed by atoms with van der Waals surface area (Å²) in [4.78, 5) is 18.9. The topological polar surface area (TPSA) is 63.1 Å². The molecule has 1 aromatic carbocycles. The van der Waals surface area contributed by atoms with E-state index in [1.54, 1.807) is 11.0 Å². The third kappa shape index (κ3) is 2.74. The second-order valence-corrected chi connectivity index (χ2v) is 6.52. The van der Waals surface area contributed by atoms with Crippen LogP contribution in [0.25, 0.3) is 5.69 Å². The second kappa shape index (κ2) is 5.77. The minimum atomic E-state index is 0.141. The number of benzene rings is 1. The van der Waals surface area contributed by atoms with Gasteiger partial charge in [-0.1, -0.05) is 0 Å². The Bertz CT molecular complexity index is 712. The molecule has 2 bridgehead atoms. The molecule has 6 nitrogen and oxygen atoms in total. The lowest BCUT2D eigenvalue weighted by Crippen LogP contribution is -2.39. The number of likely N-dealkylation sites (tertiary alicyclic amines) is 1. The van der Waals surface area contributed by atoms with Crippen LogP contribution in [0.15, 0.2) is 30.9 Å². The lowest BCUT2D eigenvalue weighted by Gasteiger charge is -2.25. The fourth-order valence-electron chi connectivity index (χ4n) is 3.67. The van der Waals surface area contributed by atoms with Crippen molar-refractivity contribution in [3.63, 3.8) is 0 Å². The lowest BCUT2D eigenvalue weighted by atomic mass is 10.0. The van der Waals surface area contributed by atoms with E-state index in [2.05, 4.69) is 15.4 Å². The van der Waals surface area contributed by atoms with Crippen LogP contribution in [0, 0.1) is 6.92 Å². The van der Waals surface area contributed by atoms with Crippen molar-refractivity contribution in [3.8, 4) is 5.69 Å². The van der Waals surface area contributed by atoms with Crippen LogP contribution in [0.5, 0.6) is 0 Å². The van der Waals surface area contributed by atoms with Crippen molar-refractivity contribution >= 4 is 5.91 Å². The Morgan fingerprint density at radius 3 is 2.91 bits per heavy atom. The van der Waals surface area contributed by atoms with Crippen LogP contribution in [0.1, 0.15) is 35.2 Å². The number of rotatable bonds is 2. The molecular formula is C17H21N5O. The normalized spacial score (nSPS) is 23.8. The van der Waals surface area contributed by atoms with Crippen LogP contribution < -0.4 is 5.32 Å². The molecule has 2 aliphatic heterocycles. The highest BCUT2D eigenvalue weighted by atomic mass is 16.2. The highest BCUT2D eigenvalue weighted by Crippen LogP contribution is 2.23. The van der Waals surface area contributed by atoms with E-state index >= 15 is 0 Å². The molecule has 1 N–H and O–H groups in total. The highest BCUT2D eigenvalue weighted by Gasteiger charge is 2.31. The summed E-state index contributed by atoms with van der Waals surface area (Å²) in [6.45, 7) is 3.65. The summed E-state index contributed by atoms with van der Waals surface area (Å²) in [6.07, 6.45) is 6.65. The molecule has 6 heteroatoms. The van der Waals surface area contributed by atoms with Crippen LogP contribution in [-0.4, -0.2) is 50.7 Å². The molecule has 2 unspecified atom stereocenters. The van der Waals surface area contributed by atoms with Crippen molar-refractivity contribution in [2.75, 3.05) is 13.1 Å². The molecule has 23 heavy (non-hydrogen) atoms. The van der Waals surface area contributed by atoms with E-state index < -0.39 is 0 Å². The Balaban J connectivity index is 1.56. The number of carbonyl (C=O) groups excluding carboxylic acids is 1. The van der Waals surface area contributed by atoms with Crippen molar-refractivity contribution in [1.82, 2.24) is 25.0 Å². The van der Waals surface area contributed by atoms with Crippen molar-refractivity contribution in [1.29, 1.82) is 0 Å². The molecule has 2 saturated heterocycles. The molecule has 0 radical (unpaired) electrons. The van der Waals surface area contributed by atoms with Gasteiger partial charge in [0.25, 0.3) is 5.91 Å². The summed E-state index contributed by atoms with van der Waals surface area (Å²) in [5.74, 6) is 0.141. The van der Waals surface area contributed by atoms with Gasteiger partial charge in [0.1, 0.15) is 12.7 Å². The average Bonchev–Trinajstić information content (AvgIpc) is 3.16. The molecule has 3 heterocycles. The minimum Gasteiger partial charge on any atom is -0.337 e. The van der Waals surface area contributed by atoms with Crippen molar-refractivity contribution in [3.05, 3.63) is 42.0 Å². The SMILES string of the molecule is Cc1cc(-n2cncn2)ccc1C(=O)N1CCC2CCC(C1)N2. The van der Waals surface area contributed by atoms with E-state index in [-0.39, 0.29) is 5.91 Å². The second-order valence-electron chi connectivity index (χ2n) is 6.52. The zero-order chi connectivity index (χ0) is 15.8. The number of aromatic nitrogens is 3. The Kier molecular flexibility index (Phi) is 3.61. The van der Waals surface area contributed by atoms with Gasteiger partial charge in [-0.05, 0) is 49.9 Å². The number of nitrogens with zero attached hydrogens (tertiary/aromatic N) is 4. The van der Waals surface area contributed by atoms with Gasteiger partial charge in [-0.2, -0.15) is 5.10 Å². The lowest BCUT2D eigenvalue weighted by molar-refractivity contribution is 0.0747. The Labute approximate surface area is 135 Å². The van der Waals surface area contributed by atoms with E-state index in [9.17, 15) is 4.79 Å². The maximum absolute atomic E-state index is 12.9. The summed E-state index contributed by atoms with van der Waals surface area (Å²) in [5.41, 5.74) is 2.69. The predicted molar refractivity (Wildman–Crippen MR) is 86.6 cm³/mol. The van der Waals surface area contributed by atoms with Gasteiger partial charge in [0, 0.05) is 30.7 Å². The van der Waals surface area contributed by atoms with Gasteiger partial charge in [0.05, 0.1) is 5.69 Å². The Morgan fingerprint density at radius 2 is 2.13 bits per heavy atom. The minimum absolute atomic E-state index is 0.141. The fraction of sp³-hybridized carbons (Fsp3) is 0.471. The van der Waals surface area contributed by atoms with E-state index in [4.69, 9.17) is 0 Å². The van der Waals surface area contributed by atoms with Gasteiger partial charge >= 0.3 is 0 Å². The predicted octanol–water partition coefficient (Wildman–Crippen LogP) is 1.54. The van der Waals surface area contributed by atoms with Gasteiger partial charge in [0.15, 0.2) is 0 Å². The van der Waals surface area contributed by atoms with Gasteiger partial charge < -0.3 is 10.2 Å². The number of aryl methyl sites for hydroxylation is 1. The molecular weight excluding hydrogens is 290 g/mol. The first-order valence-corrected chi connectivity index (χ1v) is 8.21. The largest absolute Gasteiger partial charge is 0.337 e. The maximum Gasteiger partial charge on any atom is 0.254 e. The summed E-state index contributed by atoms with van der Waals surface area (Å²) in [7, 11) is 0. The number of amides is 1. The summed E-state index contributed by atoms with van der Waals surface area (Å²) >= 11 is 0. The molecule has 4 rings (SSSR count). The van der Waals surface area contributed by atoms with Gasteiger partial charge in [0.2, 0.25) is 0 Å². The molecule has 120 valence electrons. The zero-order valence-electron chi connectivity index (χ0n) is 13.3. The summed E-state index contributed by atoms with van der Waals surface area (Å²) in [5, 5.41) is 7.75. The van der Waals surface area contributed by atoms with Crippen molar-refractivity contribution < 1.29 is 4.79 Å². The van der Waals surface area contributed by atoms with Crippen LogP contribution in [-0.2, 0) is 0 Å². The maximum atomic E-state index is 12.9. The molecule has 0 saturated carbocycles. The standard InChI is InChI=1S/C17H21N5O/c1-12-8-15(22-11-18-10-19-22)4-5-16(12)17(23)21-7-6-13-2-3-14(9-21)20-13/h4-5,8,10-11,13-14,20H,2-3,6-7,9H2,1H3. The Hall–Kier alpha value is -2.21. The summed E-state index contributed by atoms with van der Waals surface area (Å²) in [6, 6.07) is 6.88. The van der Waals surface area contributed by atoms with Gasteiger partial charge in [-0.3, -0.25) is 4.79 Å². The third-order valence-electron chi connectivity index (χ3n) is 4.93. The monoisotopic (exact) mass is 311 g/mol. The molecule has 2 aliphatic rings. The first-order valence-electron chi connectivity index (χ1n) is 8.21. The zero-order valence-corrected chi connectivity index (χ0v) is 13.3. The molecule has 0 aliphatic carbocycles. The highest BCUT2D eigenvalue weighted by molar-refractivity contribution is 5.96. The molecule has 1 aromatic heterocycles. The molecule has 1 amide bonds. The number of hydrogen-bond acceptors (Lipinski definition) is 4. The average molecular weight is 311 g/mol. The van der Waals surface area contributed by atoms with E-state index in [1.807, 2.05) is 30.0 Å². The fourth-order valence-corrected chi connectivity index (χ4v) is 3.67. The number of carbonyl (C=O) groups is 1. The van der Waals surface area contributed by atoms with Crippen molar-refractivity contribution in [2.45, 2.75) is 38.3 Å². The van der Waals surface area contributed by atoms with Crippen LogP contribution >= 0.6 is 0 Å². The van der Waals surface area contributed by atoms with Crippen molar-refractivity contribution in [2.24, 2.45) is 0 Å². The van der Waals surface area contributed by atoms with Crippen LogP contribution in [0.2, 0.25) is 0 Å². The third-order valence-corrected chi connectivity index (χ3v) is 4.93. The molecule has 0 spiro atoms. The van der Waals surface area contributed by atoms with E-state index in [0.29, 0.717) is 12.1 Å². The number of nitrogens with one attached hydrogen (secondary N) is 1. The molecule has 2 aromatic rings. The molecule has 2 fully saturated rings. The first kappa shape index (κ1) is 14.4. The quantitative estimate of drug-likeness (QED) is 0.914. The smallest absolute Gasteiger partial charge is 0.254 e. The Morgan fingerprint density at radius 1 is 1.26 bits per heavy atom. The summed E-state index contributed by atoms with van der Waals surface area (Å²) < 4.78 is 1.70.